The number of nitrogens with zero attached hydrogens (tertiary/aromatic N) is 10. The van der Waals surface area contributed by atoms with E-state index in [2.05, 4.69) is 76.5 Å². The maximum absolute atomic E-state index is 5.97. The van der Waals surface area contributed by atoms with Crippen LogP contribution in [0.4, 0.5) is 0 Å². The molecule has 26 heteroatoms. The van der Waals surface area contributed by atoms with Crippen molar-refractivity contribution in [3.05, 3.63) is 0 Å². The molecule has 0 aliphatic carbocycles. The third kappa shape index (κ3) is 43.3. The average molecular weight is 955 g/mol. The van der Waals surface area contributed by atoms with Crippen LogP contribution in [-0.2, 0) is 0 Å². The van der Waals surface area contributed by atoms with Gasteiger partial charge in [-0.25, -0.2) is 0 Å². The van der Waals surface area contributed by atoms with Crippen LogP contribution in [0.1, 0.15) is 129 Å². The molecular weight excluding hydrogens is 866 g/mol. The highest BCUT2D eigenvalue weighted by Crippen LogP contribution is 2.03. The molecule has 0 bridgehead atoms. The van der Waals surface area contributed by atoms with Crippen molar-refractivity contribution in [2.75, 3.05) is 65.4 Å². The zero-order valence-electron chi connectivity index (χ0n) is 40.0. The Kier molecular flexibility index (Phi) is 41.6. The molecule has 0 spiro atoms. The predicted octanol–water partition coefficient (Wildman–Crippen LogP) is -0.435. The molecule has 0 saturated carbocycles. The van der Waals surface area contributed by atoms with Gasteiger partial charge in [0.2, 0.25) is 0 Å². The van der Waals surface area contributed by atoms with E-state index in [1.54, 1.807) is 0 Å². The number of rotatable bonds is 32. The van der Waals surface area contributed by atoms with Crippen molar-refractivity contribution in [3.63, 3.8) is 0 Å². The quantitative estimate of drug-likeness (QED) is 0.0231. The monoisotopic (exact) mass is 954 g/mol. The first-order chi connectivity index (χ1) is 31.4. The fraction of sp³-hybridized carbons (Fsp3) is 0.750. The number of nitrogens with one attached hydrogen (secondary N) is 5. The topological polar surface area (TPSA) is 444 Å². The summed E-state index contributed by atoms with van der Waals surface area (Å²) in [6.07, 6.45) is 16.9. The van der Waals surface area contributed by atoms with Crippen LogP contribution in [0, 0.1) is 0 Å². The van der Waals surface area contributed by atoms with Crippen LogP contribution in [0.15, 0.2) is 49.9 Å². The van der Waals surface area contributed by atoms with Gasteiger partial charge < -0.3 is 57.3 Å². The summed E-state index contributed by atoms with van der Waals surface area (Å²) in [5, 5.41) is 14.1. The SMILES string of the molecule is CCCN=C(N)NC(N)=NCCCCCCN=C(N)NC(N)=NCCCCCCN=C(N)NC(N)=NCCCCCCN=C(N)NC(N)=NCCCCCCN=C(N)NC(N)=NCCC.Cl. The Balaban J connectivity index is 0. The Morgan fingerprint density at radius 2 is 0.348 bits per heavy atom. The number of aliphatic imine (C=N–C) groups is 10. The molecule has 0 radical (unpaired) electrons. The lowest BCUT2D eigenvalue weighted by Gasteiger charge is -2.06. The third-order valence-electron chi connectivity index (χ3n) is 8.81. The van der Waals surface area contributed by atoms with E-state index in [9.17, 15) is 0 Å². The van der Waals surface area contributed by atoms with Crippen molar-refractivity contribution in [3.8, 4) is 0 Å². The predicted molar refractivity (Wildman–Crippen MR) is 282 cm³/mol. The molecule has 0 aliphatic rings. The summed E-state index contributed by atoms with van der Waals surface area (Å²) >= 11 is 0. The minimum Gasteiger partial charge on any atom is -0.370 e. The summed E-state index contributed by atoms with van der Waals surface area (Å²) in [6.45, 7) is 10.1. The number of nitrogens with two attached hydrogens (primary N) is 10. The molecular formula is C40H88ClN25. The number of unbranched alkanes of at least 4 members (excludes halogenated alkanes) is 12. The van der Waals surface area contributed by atoms with Crippen LogP contribution in [0.3, 0.4) is 0 Å². The first-order valence-electron chi connectivity index (χ1n) is 23.2. The maximum atomic E-state index is 5.97. The lowest BCUT2D eigenvalue weighted by molar-refractivity contribution is 0.651. The molecule has 0 amide bonds. The summed E-state index contributed by atoms with van der Waals surface area (Å²) < 4.78 is 0. The standard InChI is InChI=1S/C40H87N25.ClH/c1-3-21-51-31(41)61-33(43)53-23-13-5-7-15-25-55-35(45)63-37(47)57-27-17-9-11-19-29-59-39(49)65-40(50)60-30-20-12-10-18-28-58-38(48)64-36(46)56-26-16-8-6-14-24-54-34(44)62-32(42)52-22-4-2;/h3-30H2,1-2H3,(H5,41,43,51,53,61)(H5,42,44,52,54,62)(H5,45,47,55,57,63)(H5,46,48,56,58,64)(H5,49,50,59,60,65);1H. The van der Waals surface area contributed by atoms with Crippen LogP contribution in [0.25, 0.3) is 0 Å². The minimum absolute atomic E-state index is 0. The second-order valence-electron chi connectivity index (χ2n) is 15.0. The summed E-state index contributed by atoms with van der Waals surface area (Å²) in [5.74, 6) is 2.62. The molecule has 66 heavy (non-hydrogen) atoms. The van der Waals surface area contributed by atoms with Crippen molar-refractivity contribution < 1.29 is 0 Å². The zero-order chi connectivity index (χ0) is 48.2. The molecule has 0 aromatic carbocycles. The summed E-state index contributed by atoms with van der Waals surface area (Å²) in [7, 11) is 0. The molecule has 0 unspecified atom stereocenters. The largest absolute Gasteiger partial charge is 0.370 e. The zero-order valence-corrected chi connectivity index (χ0v) is 40.8. The van der Waals surface area contributed by atoms with Crippen molar-refractivity contribution in [2.24, 2.45) is 107 Å². The molecule has 380 valence electrons. The maximum Gasteiger partial charge on any atom is 0.195 e. The first-order valence-corrected chi connectivity index (χ1v) is 23.2. The van der Waals surface area contributed by atoms with E-state index >= 15 is 0 Å². The van der Waals surface area contributed by atoms with Crippen molar-refractivity contribution in [1.82, 2.24) is 26.6 Å². The van der Waals surface area contributed by atoms with Crippen LogP contribution >= 0.6 is 12.4 Å². The van der Waals surface area contributed by atoms with Crippen LogP contribution in [0.5, 0.6) is 0 Å². The lowest BCUT2D eigenvalue weighted by Crippen LogP contribution is -2.41. The summed E-state index contributed by atoms with van der Waals surface area (Å²) in [6, 6.07) is 0. The van der Waals surface area contributed by atoms with Crippen LogP contribution < -0.4 is 83.9 Å². The van der Waals surface area contributed by atoms with E-state index in [1.807, 2.05) is 13.8 Å². The highest BCUT2D eigenvalue weighted by Gasteiger charge is 2.01. The van der Waals surface area contributed by atoms with Crippen molar-refractivity contribution >= 4 is 72.0 Å². The molecule has 0 heterocycles. The molecule has 0 aromatic heterocycles. The third-order valence-corrected chi connectivity index (χ3v) is 8.81. The Morgan fingerprint density at radius 1 is 0.227 bits per heavy atom. The molecule has 0 fully saturated rings. The van der Waals surface area contributed by atoms with Gasteiger partial charge in [-0.15, -0.1) is 12.4 Å². The summed E-state index contributed by atoms with van der Waals surface area (Å²) in [4.78, 5) is 42.7. The molecule has 0 aliphatic heterocycles. The molecule has 0 atom stereocenters. The van der Waals surface area contributed by atoms with Gasteiger partial charge in [0, 0.05) is 65.4 Å². The van der Waals surface area contributed by atoms with Gasteiger partial charge in [-0.2, -0.15) is 0 Å². The van der Waals surface area contributed by atoms with Crippen molar-refractivity contribution in [2.45, 2.75) is 129 Å². The average Bonchev–Trinajstić information content (AvgIpc) is 3.25. The van der Waals surface area contributed by atoms with Crippen molar-refractivity contribution in [1.29, 1.82) is 0 Å². The number of halogens is 1. The van der Waals surface area contributed by atoms with Crippen LogP contribution in [-0.4, -0.2) is 125 Å². The highest BCUT2D eigenvalue weighted by atomic mass is 35.5. The molecule has 25 nitrogen and oxygen atoms in total. The van der Waals surface area contributed by atoms with E-state index in [-0.39, 0.29) is 72.0 Å². The fourth-order valence-electron chi connectivity index (χ4n) is 5.42. The second kappa shape index (κ2) is 44.2. The fourth-order valence-corrected chi connectivity index (χ4v) is 5.42. The normalized spacial score (nSPS) is 14.0. The van der Waals surface area contributed by atoms with Gasteiger partial charge >= 0.3 is 0 Å². The van der Waals surface area contributed by atoms with E-state index in [1.165, 1.54) is 0 Å². The van der Waals surface area contributed by atoms with Gasteiger partial charge in [-0.1, -0.05) is 65.2 Å². The van der Waals surface area contributed by atoms with E-state index in [0.717, 1.165) is 116 Å². The van der Waals surface area contributed by atoms with Gasteiger partial charge in [0.1, 0.15) is 0 Å². The Morgan fingerprint density at radius 3 is 0.470 bits per heavy atom. The molecule has 25 N–H and O–H groups in total. The van der Waals surface area contributed by atoms with Gasteiger partial charge in [-0.3, -0.25) is 76.5 Å². The second-order valence-corrected chi connectivity index (χ2v) is 15.0. The summed E-state index contributed by atoms with van der Waals surface area (Å²) in [5.41, 5.74) is 58.8. The van der Waals surface area contributed by atoms with Gasteiger partial charge in [-0.05, 0) is 64.2 Å². The minimum atomic E-state index is 0. The Hall–Kier alpha value is -6.01. The number of guanidine groups is 10. The smallest absolute Gasteiger partial charge is 0.195 e. The molecule has 0 aromatic rings. The van der Waals surface area contributed by atoms with Gasteiger partial charge in [0.15, 0.2) is 59.6 Å². The molecule has 0 saturated heterocycles. The first kappa shape index (κ1) is 62.1. The Labute approximate surface area is 399 Å². The molecule has 0 rings (SSSR count). The number of hydrogen-bond donors (Lipinski definition) is 15. The highest BCUT2D eigenvalue weighted by molar-refractivity contribution is 5.99. The van der Waals surface area contributed by atoms with Gasteiger partial charge in [0.25, 0.3) is 0 Å². The van der Waals surface area contributed by atoms with Gasteiger partial charge in [0.05, 0.1) is 0 Å². The Bertz CT molecular complexity index is 1440. The van der Waals surface area contributed by atoms with E-state index in [0.29, 0.717) is 65.4 Å². The van der Waals surface area contributed by atoms with Crippen LogP contribution in [0.2, 0.25) is 0 Å². The van der Waals surface area contributed by atoms with E-state index in [4.69, 9.17) is 57.3 Å². The lowest BCUT2D eigenvalue weighted by atomic mass is 10.2. The number of hydrogen-bond acceptors (Lipinski definition) is 10. The van der Waals surface area contributed by atoms with E-state index < -0.39 is 0 Å².